The maximum Gasteiger partial charge on any atom is 0.339 e. The maximum absolute atomic E-state index is 12.3. The highest BCUT2D eigenvalue weighted by atomic mass is 32.2. The van der Waals surface area contributed by atoms with E-state index in [9.17, 15) is 38.5 Å². The van der Waals surface area contributed by atoms with Gasteiger partial charge in [0.25, 0.3) is 0 Å². The summed E-state index contributed by atoms with van der Waals surface area (Å²) in [7, 11) is 0. The van der Waals surface area contributed by atoms with Gasteiger partial charge >= 0.3 is 11.9 Å². The van der Waals surface area contributed by atoms with Crippen molar-refractivity contribution in [2.45, 2.75) is 18.7 Å². The van der Waals surface area contributed by atoms with Gasteiger partial charge in [0.1, 0.15) is 16.9 Å². The highest BCUT2D eigenvalue weighted by Gasteiger charge is 2.26. The van der Waals surface area contributed by atoms with E-state index in [4.69, 9.17) is 0 Å². The summed E-state index contributed by atoms with van der Waals surface area (Å²) in [6.07, 6.45) is 2.58. The topological polar surface area (TPSA) is 149 Å². The summed E-state index contributed by atoms with van der Waals surface area (Å²) in [5, 5.41) is 29.1. The lowest BCUT2D eigenvalue weighted by Gasteiger charge is -2.19. The van der Waals surface area contributed by atoms with E-state index < -0.39 is 45.7 Å². The average molecular weight is 454 g/mol. The van der Waals surface area contributed by atoms with E-state index in [1.807, 2.05) is 0 Å². The van der Waals surface area contributed by atoms with Crippen LogP contribution < -0.4 is 0 Å². The fourth-order valence-electron chi connectivity index (χ4n) is 3.47. The van der Waals surface area contributed by atoms with Crippen molar-refractivity contribution in [3.63, 3.8) is 0 Å². The van der Waals surface area contributed by atoms with Crippen LogP contribution in [0.3, 0.4) is 0 Å². The summed E-state index contributed by atoms with van der Waals surface area (Å²) in [5.41, 5.74) is 0.446. The molecular formula is C23H18O8S. The van der Waals surface area contributed by atoms with Crippen molar-refractivity contribution in [2.24, 2.45) is 0 Å². The Balaban J connectivity index is 2.50. The van der Waals surface area contributed by atoms with E-state index in [1.165, 1.54) is 44.2 Å². The number of rotatable bonds is 5. The molecule has 0 fully saturated rings. The Morgan fingerprint density at radius 2 is 1.59 bits per heavy atom. The van der Waals surface area contributed by atoms with Crippen LogP contribution in [-0.4, -0.2) is 41.8 Å². The zero-order valence-electron chi connectivity index (χ0n) is 16.9. The van der Waals surface area contributed by atoms with Gasteiger partial charge in [-0.1, -0.05) is 18.2 Å². The second kappa shape index (κ2) is 8.74. The van der Waals surface area contributed by atoms with E-state index in [2.05, 4.69) is 0 Å². The number of phenols is 1. The molecule has 32 heavy (non-hydrogen) atoms. The summed E-state index contributed by atoms with van der Waals surface area (Å²) in [6, 6.07) is 8.76. The van der Waals surface area contributed by atoms with E-state index in [-0.39, 0.29) is 38.3 Å². The number of allylic oxidation sites excluding steroid dienone is 4. The molecule has 0 radical (unpaired) electrons. The molecule has 1 aliphatic carbocycles. The van der Waals surface area contributed by atoms with Gasteiger partial charge in [-0.15, -0.1) is 0 Å². The van der Waals surface area contributed by atoms with Gasteiger partial charge in [0, 0.05) is 5.56 Å². The number of Topliss-reactive ketones (excluding diaryl/α,β-unsaturated/α-hetero) is 1. The van der Waals surface area contributed by atoms with Crippen molar-refractivity contribution in [1.82, 2.24) is 0 Å². The van der Waals surface area contributed by atoms with Crippen LogP contribution in [0.5, 0.6) is 5.75 Å². The summed E-state index contributed by atoms with van der Waals surface area (Å²) in [4.78, 5) is 35.6. The molecule has 0 amide bonds. The molecule has 0 heterocycles. The van der Waals surface area contributed by atoms with Crippen molar-refractivity contribution in [2.75, 3.05) is 0 Å². The molecule has 2 aromatic carbocycles. The first kappa shape index (κ1) is 22.9. The quantitative estimate of drug-likeness (QED) is 0.397. The third-order valence-electron chi connectivity index (χ3n) is 4.96. The first-order valence-electron chi connectivity index (χ1n) is 9.22. The lowest BCUT2D eigenvalue weighted by Crippen LogP contribution is -2.17. The summed E-state index contributed by atoms with van der Waals surface area (Å²) in [6.45, 7) is 2.93. The van der Waals surface area contributed by atoms with Crippen LogP contribution in [-0.2, 0) is 20.7 Å². The highest BCUT2D eigenvalue weighted by molar-refractivity contribution is 7.79. The van der Waals surface area contributed by atoms with Gasteiger partial charge in [0.15, 0.2) is 16.9 Å². The van der Waals surface area contributed by atoms with Crippen LogP contribution in [0.25, 0.3) is 5.57 Å². The normalized spacial score (nSPS) is 16.2. The summed E-state index contributed by atoms with van der Waals surface area (Å²) >= 11 is -2.42. The van der Waals surface area contributed by atoms with Gasteiger partial charge in [-0.25, -0.2) is 13.8 Å². The number of benzene rings is 2. The molecule has 0 saturated heterocycles. The second-order valence-corrected chi connectivity index (χ2v) is 8.03. The number of aliphatic carboxylic acids is 1. The summed E-state index contributed by atoms with van der Waals surface area (Å²) in [5.74, 6) is -3.93. The van der Waals surface area contributed by atoms with Crippen molar-refractivity contribution < 1.29 is 38.5 Å². The number of aromatic carboxylic acids is 1. The van der Waals surface area contributed by atoms with Crippen LogP contribution in [0.4, 0.5) is 0 Å². The fraction of sp³-hybridized carbons (Fsp3) is 0.0870. The second-order valence-electron chi connectivity index (χ2n) is 7.09. The Kier molecular flexibility index (Phi) is 6.24. The largest absolute Gasteiger partial charge is 0.507 e. The van der Waals surface area contributed by atoms with E-state index >= 15 is 0 Å². The molecule has 0 saturated carbocycles. The molecule has 8 nitrogen and oxygen atoms in total. The number of hydrogen-bond acceptors (Lipinski definition) is 5. The number of ketones is 1. The minimum atomic E-state index is -2.42. The Labute approximate surface area is 185 Å². The number of aromatic hydroxyl groups is 1. The van der Waals surface area contributed by atoms with Gasteiger partial charge < -0.3 is 19.9 Å². The Morgan fingerprint density at radius 1 is 0.938 bits per heavy atom. The molecule has 0 spiro atoms. The molecule has 2 aromatic rings. The van der Waals surface area contributed by atoms with Crippen LogP contribution in [0, 0.1) is 6.92 Å². The predicted octanol–water partition coefficient (Wildman–Crippen LogP) is 3.32. The number of carbonyl (C=O) groups is 3. The third kappa shape index (κ3) is 4.16. The molecule has 1 unspecified atom stereocenters. The molecule has 1 atom stereocenters. The van der Waals surface area contributed by atoms with E-state index in [0.29, 0.717) is 0 Å². The van der Waals surface area contributed by atoms with E-state index in [0.717, 1.165) is 6.08 Å². The van der Waals surface area contributed by atoms with Gasteiger partial charge in [-0.05, 0) is 72.0 Å². The SMILES string of the molecule is CC1=CC(=C(c2cc(C)c(O)c(C(=O)O)c2)c2ccccc2S(=O)O)C=C(C(=O)O)C1=O. The van der Waals surface area contributed by atoms with Crippen LogP contribution in [0.1, 0.15) is 34.0 Å². The Bertz CT molecular complexity index is 1300. The van der Waals surface area contributed by atoms with Gasteiger partial charge in [-0.3, -0.25) is 4.79 Å². The smallest absolute Gasteiger partial charge is 0.339 e. The van der Waals surface area contributed by atoms with Gasteiger partial charge in [0.05, 0.1) is 4.90 Å². The number of hydrogen-bond donors (Lipinski definition) is 4. The van der Waals surface area contributed by atoms with E-state index in [1.54, 1.807) is 12.1 Å². The van der Waals surface area contributed by atoms with Crippen LogP contribution in [0.2, 0.25) is 0 Å². The monoisotopic (exact) mass is 454 g/mol. The maximum atomic E-state index is 12.3. The minimum Gasteiger partial charge on any atom is -0.507 e. The fourth-order valence-corrected chi connectivity index (χ4v) is 4.02. The predicted molar refractivity (Wildman–Crippen MR) is 116 cm³/mol. The number of carboxylic acids is 2. The molecule has 0 bridgehead atoms. The molecule has 4 N–H and O–H groups in total. The molecular weight excluding hydrogens is 436 g/mol. The van der Waals surface area contributed by atoms with Gasteiger partial charge in [-0.2, -0.15) is 0 Å². The average Bonchev–Trinajstić information content (AvgIpc) is 2.72. The molecule has 9 heteroatoms. The standard InChI is InChI=1S/C23H18O8S/c1-11-7-13(9-16(20(11)24)22(26)27)19(15-5-3-4-6-18(15)32(30)31)14-8-12(2)21(25)17(10-14)23(28)29/h3-10,24H,1-2H3,(H,26,27)(H,28,29)(H,30,31). The lowest BCUT2D eigenvalue weighted by molar-refractivity contribution is -0.134. The molecule has 0 aromatic heterocycles. The van der Waals surface area contributed by atoms with Crippen LogP contribution in [0.15, 0.2) is 70.2 Å². The van der Waals surface area contributed by atoms with Crippen molar-refractivity contribution in [3.8, 4) is 5.75 Å². The Morgan fingerprint density at radius 3 is 2.19 bits per heavy atom. The van der Waals surface area contributed by atoms with Crippen molar-refractivity contribution in [3.05, 3.63) is 87.5 Å². The molecule has 164 valence electrons. The number of carboxylic acid groups (broad SMARTS) is 2. The molecule has 1 aliphatic rings. The van der Waals surface area contributed by atoms with Crippen LogP contribution >= 0.6 is 0 Å². The Hall–Kier alpha value is -3.82. The molecule has 3 rings (SSSR count). The zero-order chi connectivity index (χ0) is 23.7. The van der Waals surface area contributed by atoms with Crippen molar-refractivity contribution >= 4 is 34.4 Å². The lowest BCUT2D eigenvalue weighted by atomic mass is 9.85. The molecule has 0 aliphatic heterocycles. The van der Waals surface area contributed by atoms with Gasteiger partial charge in [0.2, 0.25) is 0 Å². The first-order valence-corrected chi connectivity index (χ1v) is 10.3. The highest BCUT2D eigenvalue weighted by Crippen LogP contribution is 2.37. The number of carbonyl (C=O) groups excluding carboxylic acids is 1. The zero-order valence-corrected chi connectivity index (χ0v) is 17.8. The van der Waals surface area contributed by atoms with Crippen molar-refractivity contribution in [1.29, 1.82) is 0 Å². The number of aryl methyl sites for hydroxylation is 1. The third-order valence-corrected chi connectivity index (χ3v) is 5.69. The summed E-state index contributed by atoms with van der Waals surface area (Å²) < 4.78 is 21.8. The minimum absolute atomic E-state index is 0.00540. The first-order chi connectivity index (χ1) is 15.0.